The van der Waals surface area contributed by atoms with Crippen LogP contribution >= 0.6 is 0 Å². The van der Waals surface area contributed by atoms with Gasteiger partial charge in [-0.25, -0.2) is 0 Å². The van der Waals surface area contributed by atoms with Crippen LogP contribution < -0.4 is 4.74 Å². The summed E-state index contributed by atoms with van der Waals surface area (Å²) >= 11 is 0. The molecule has 1 N–H and O–H groups in total. The van der Waals surface area contributed by atoms with Gasteiger partial charge in [-0.2, -0.15) is 5.26 Å². The van der Waals surface area contributed by atoms with Crippen LogP contribution in [-0.4, -0.2) is 11.7 Å². The van der Waals surface area contributed by atoms with E-state index in [1.807, 2.05) is 38.1 Å². The predicted molar refractivity (Wildman–Crippen MR) is 74.2 cm³/mol. The zero-order valence-corrected chi connectivity index (χ0v) is 11.0. The molecule has 0 heterocycles. The standard InChI is InChI=1S/C16H15NO2/c1-3-19-15-4-5-16(11(2)6-15)13-7-12(10-17)8-14(18)9-13/h4-9,18H,3H2,1-2H3. The molecule has 0 atom stereocenters. The Kier molecular flexibility index (Phi) is 3.72. The van der Waals surface area contributed by atoms with Crippen LogP contribution in [0.2, 0.25) is 0 Å². The number of hydrogen-bond acceptors (Lipinski definition) is 3. The van der Waals surface area contributed by atoms with E-state index in [1.54, 1.807) is 12.1 Å². The number of benzene rings is 2. The topological polar surface area (TPSA) is 53.2 Å². The maximum atomic E-state index is 9.64. The number of aromatic hydroxyl groups is 1. The summed E-state index contributed by atoms with van der Waals surface area (Å²) in [6.07, 6.45) is 0. The van der Waals surface area contributed by atoms with E-state index < -0.39 is 0 Å². The number of rotatable bonds is 3. The van der Waals surface area contributed by atoms with Gasteiger partial charge in [0.1, 0.15) is 11.5 Å². The number of hydrogen-bond donors (Lipinski definition) is 1. The number of ether oxygens (including phenoxy) is 1. The van der Waals surface area contributed by atoms with Crippen molar-refractivity contribution in [1.29, 1.82) is 5.26 Å². The van der Waals surface area contributed by atoms with Gasteiger partial charge in [0.25, 0.3) is 0 Å². The maximum absolute atomic E-state index is 9.64. The Bertz CT molecular complexity index is 642. The Labute approximate surface area is 112 Å². The molecule has 0 aromatic heterocycles. The van der Waals surface area contributed by atoms with Gasteiger partial charge in [-0.1, -0.05) is 6.07 Å². The molecule has 0 saturated heterocycles. The van der Waals surface area contributed by atoms with E-state index in [-0.39, 0.29) is 5.75 Å². The van der Waals surface area contributed by atoms with E-state index in [0.717, 1.165) is 22.4 Å². The van der Waals surface area contributed by atoms with Gasteiger partial charge in [0.05, 0.1) is 18.2 Å². The van der Waals surface area contributed by atoms with E-state index in [1.165, 1.54) is 6.07 Å². The Balaban J connectivity index is 2.47. The molecule has 2 rings (SSSR count). The molecule has 0 radical (unpaired) electrons. The van der Waals surface area contributed by atoms with Crippen molar-refractivity contribution < 1.29 is 9.84 Å². The van der Waals surface area contributed by atoms with E-state index >= 15 is 0 Å². The molecule has 0 amide bonds. The summed E-state index contributed by atoms with van der Waals surface area (Å²) < 4.78 is 5.44. The van der Waals surface area contributed by atoms with Crippen LogP contribution in [0.15, 0.2) is 36.4 Å². The molecule has 96 valence electrons. The minimum absolute atomic E-state index is 0.0994. The first-order valence-electron chi connectivity index (χ1n) is 6.12. The normalized spacial score (nSPS) is 9.95. The van der Waals surface area contributed by atoms with Gasteiger partial charge in [0, 0.05) is 0 Å². The number of nitriles is 1. The highest BCUT2D eigenvalue weighted by Crippen LogP contribution is 2.30. The number of nitrogens with zero attached hydrogens (tertiary/aromatic N) is 1. The summed E-state index contributed by atoms with van der Waals surface area (Å²) in [6.45, 7) is 4.55. The summed E-state index contributed by atoms with van der Waals surface area (Å²) in [7, 11) is 0. The molecular weight excluding hydrogens is 238 g/mol. The lowest BCUT2D eigenvalue weighted by molar-refractivity contribution is 0.340. The SMILES string of the molecule is CCOc1ccc(-c2cc(O)cc(C#N)c2)c(C)c1. The zero-order valence-electron chi connectivity index (χ0n) is 11.0. The summed E-state index contributed by atoms with van der Waals surface area (Å²) in [5, 5.41) is 18.6. The summed E-state index contributed by atoms with van der Waals surface area (Å²) in [4.78, 5) is 0. The van der Waals surface area contributed by atoms with Crippen molar-refractivity contribution in [1.82, 2.24) is 0 Å². The third-order valence-corrected chi connectivity index (χ3v) is 2.87. The van der Waals surface area contributed by atoms with Gasteiger partial charge in [0.15, 0.2) is 0 Å². The molecule has 0 aliphatic heterocycles. The molecule has 3 heteroatoms. The highest BCUT2D eigenvalue weighted by Gasteiger charge is 2.06. The summed E-state index contributed by atoms with van der Waals surface area (Å²) in [5.41, 5.74) is 3.30. The van der Waals surface area contributed by atoms with Crippen molar-refractivity contribution in [2.45, 2.75) is 13.8 Å². The predicted octanol–water partition coefficient (Wildman–Crippen LogP) is 3.64. The Morgan fingerprint density at radius 2 is 2.00 bits per heavy atom. The third-order valence-electron chi connectivity index (χ3n) is 2.87. The van der Waals surface area contributed by atoms with E-state index in [0.29, 0.717) is 12.2 Å². The lowest BCUT2D eigenvalue weighted by Crippen LogP contribution is -1.92. The Hall–Kier alpha value is -2.47. The van der Waals surface area contributed by atoms with Crippen LogP contribution in [0.1, 0.15) is 18.1 Å². The molecule has 0 aliphatic carbocycles. The quantitative estimate of drug-likeness (QED) is 0.908. The maximum Gasteiger partial charge on any atom is 0.119 e. The van der Waals surface area contributed by atoms with Crippen molar-refractivity contribution in [3.05, 3.63) is 47.5 Å². The average molecular weight is 253 g/mol. The molecule has 0 fully saturated rings. The van der Waals surface area contributed by atoms with Crippen LogP contribution in [0.4, 0.5) is 0 Å². The van der Waals surface area contributed by atoms with E-state index in [2.05, 4.69) is 0 Å². The van der Waals surface area contributed by atoms with Crippen molar-refractivity contribution in [2.24, 2.45) is 0 Å². The lowest BCUT2D eigenvalue weighted by atomic mass is 9.98. The highest BCUT2D eigenvalue weighted by molar-refractivity contribution is 5.71. The van der Waals surface area contributed by atoms with Gasteiger partial charge >= 0.3 is 0 Å². The molecule has 2 aromatic carbocycles. The van der Waals surface area contributed by atoms with Gasteiger partial charge in [-0.15, -0.1) is 0 Å². The Morgan fingerprint density at radius 1 is 1.21 bits per heavy atom. The molecule has 0 saturated carbocycles. The van der Waals surface area contributed by atoms with Gasteiger partial charge in [0.2, 0.25) is 0 Å². The van der Waals surface area contributed by atoms with Crippen LogP contribution in [0.5, 0.6) is 11.5 Å². The molecule has 3 nitrogen and oxygen atoms in total. The smallest absolute Gasteiger partial charge is 0.119 e. The lowest BCUT2D eigenvalue weighted by Gasteiger charge is -2.10. The molecule has 0 unspecified atom stereocenters. The second-order valence-corrected chi connectivity index (χ2v) is 4.29. The minimum Gasteiger partial charge on any atom is -0.508 e. The third kappa shape index (κ3) is 2.86. The fourth-order valence-corrected chi connectivity index (χ4v) is 2.05. The van der Waals surface area contributed by atoms with E-state index in [4.69, 9.17) is 10.00 Å². The first-order valence-corrected chi connectivity index (χ1v) is 6.12. The molecular formula is C16H15NO2. The Morgan fingerprint density at radius 3 is 2.63 bits per heavy atom. The average Bonchev–Trinajstić information content (AvgIpc) is 2.38. The number of phenols is 1. The largest absolute Gasteiger partial charge is 0.508 e. The fourth-order valence-electron chi connectivity index (χ4n) is 2.05. The van der Waals surface area contributed by atoms with Crippen LogP contribution in [0.25, 0.3) is 11.1 Å². The van der Waals surface area contributed by atoms with Gasteiger partial charge in [-0.05, 0) is 60.9 Å². The summed E-state index contributed by atoms with van der Waals surface area (Å²) in [6, 6.07) is 12.7. The van der Waals surface area contributed by atoms with Crippen LogP contribution in [-0.2, 0) is 0 Å². The second kappa shape index (κ2) is 5.45. The first kappa shape index (κ1) is 13.0. The molecule has 0 spiro atoms. The summed E-state index contributed by atoms with van der Waals surface area (Å²) in [5.74, 6) is 0.923. The molecule has 0 aliphatic rings. The fraction of sp³-hybridized carbons (Fsp3) is 0.188. The molecule has 0 bridgehead atoms. The van der Waals surface area contributed by atoms with E-state index in [9.17, 15) is 5.11 Å². The molecule has 2 aromatic rings. The highest BCUT2D eigenvalue weighted by atomic mass is 16.5. The van der Waals surface area contributed by atoms with Crippen molar-refractivity contribution in [3.8, 4) is 28.7 Å². The van der Waals surface area contributed by atoms with Crippen LogP contribution in [0, 0.1) is 18.3 Å². The number of phenolic OH excluding ortho intramolecular Hbond substituents is 1. The molecule has 19 heavy (non-hydrogen) atoms. The minimum atomic E-state index is 0.0994. The van der Waals surface area contributed by atoms with Gasteiger partial charge < -0.3 is 9.84 Å². The number of aryl methyl sites for hydroxylation is 1. The first-order chi connectivity index (χ1) is 9.13. The zero-order chi connectivity index (χ0) is 13.8. The van der Waals surface area contributed by atoms with Gasteiger partial charge in [-0.3, -0.25) is 0 Å². The second-order valence-electron chi connectivity index (χ2n) is 4.29. The van der Waals surface area contributed by atoms with Crippen molar-refractivity contribution in [3.63, 3.8) is 0 Å². The monoisotopic (exact) mass is 253 g/mol. The van der Waals surface area contributed by atoms with Crippen molar-refractivity contribution >= 4 is 0 Å². The van der Waals surface area contributed by atoms with Crippen molar-refractivity contribution in [2.75, 3.05) is 6.61 Å². The van der Waals surface area contributed by atoms with Crippen LogP contribution in [0.3, 0.4) is 0 Å².